The molecule has 0 bridgehead atoms. The number of allylic oxidation sites excluding steroid dienone is 2. The van der Waals surface area contributed by atoms with E-state index >= 15 is 0 Å². The summed E-state index contributed by atoms with van der Waals surface area (Å²) in [5.41, 5.74) is 0. The van der Waals surface area contributed by atoms with E-state index in [0.29, 0.717) is 0 Å². The van der Waals surface area contributed by atoms with E-state index in [1.165, 1.54) is 17.3 Å². The number of rotatable bonds is 3. The van der Waals surface area contributed by atoms with Crippen molar-refractivity contribution < 1.29 is 0 Å². The lowest BCUT2D eigenvalue weighted by Crippen LogP contribution is -1.63. The van der Waals surface area contributed by atoms with Crippen molar-refractivity contribution in [3.05, 3.63) is 12.2 Å². The molecule has 0 radical (unpaired) electrons. The monoisotopic (exact) mass is 210 g/mol. The fourth-order valence-electron chi connectivity index (χ4n) is 0.348. The van der Waals surface area contributed by atoms with E-state index in [2.05, 4.69) is 41.7 Å². The van der Waals surface area contributed by atoms with Crippen LogP contribution in [0.3, 0.4) is 0 Å². The van der Waals surface area contributed by atoms with Crippen LogP contribution in [0.15, 0.2) is 12.2 Å². The summed E-state index contributed by atoms with van der Waals surface area (Å²) in [5.74, 6) is 0. The smallest absolute Gasteiger partial charge is 0.00299 e. The topological polar surface area (TPSA) is 0 Å². The van der Waals surface area contributed by atoms with Crippen LogP contribution in [0.1, 0.15) is 19.8 Å². The molecule has 42 valence electrons. The predicted molar refractivity (Wildman–Crippen MR) is 42.9 cm³/mol. The summed E-state index contributed by atoms with van der Waals surface area (Å²) < 4.78 is 1.24. The second kappa shape index (κ2) is 6.47. The number of hydrogen-bond acceptors (Lipinski definition) is 0. The Hall–Kier alpha value is 0.470. The molecule has 0 aliphatic heterocycles. The Morgan fingerprint density at radius 1 is 1.43 bits per heavy atom. The first-order valence-electron chi connectivity index (χ1n) is 2.62. The molecule has 0 nitrogen and oxygen atoms in total. The Morgan fingerprint density at radius 3 is 2.57 bits per heavy atom. The van der Waals surface area contributed by atoms with Crippen molar-refractivity contribution in [2.45, 2.75) is 19.8 Å². The molecular weight excluding hydrogens is 199 g/mol. The molecule has 0 aromatic rings. The van der Waals surface area contributed by atoms with Crippen molar-refractivity contribution in [3.63, 3.8) is 0 Å². The van der Waals surface area contributed by atoms with E-state index in [1.54, 1.807) is 0 Å². The summed E-state index contributed by atoms with van der Waals surface area (Å²) in [6, 6.07) is 0. The summed E-state index contributed by atoms with van der Waals surface area (Å²) >= 11 is 2.38. The summed E-state index contributed by atoms with van der Waals surface area (Å²) in [5, 5.41) is 0. The zero-order valence-corrected chi connectivity index (χ0v) is 6.81. The van der Waals surface area contributed by atoms with E-state index in [9.17, 15) is 0 Å². The van der Waals surface area contributed by atoms with Gasteiger partial charge in [0.05, 0.1) is 0 Å². The van der Waals surface area contributed by atoms with E-state index in [-0.39, 0.29) is 0 Å². The SMILES string of the molecule is CC/C=C\CCI. The summed E-state index contributed by atoms with van der Waals surface area (Å²) in [6.07, 6.45) is 6.84. The van der Waals surface area contributed by atoms with Gasteiger partial charge >= 0.3 is 0 Å². The van der Waals surface area contributed by atoms with Gasteiger partial charge in [0.1, 0.15) is 0 Å². The maximum absolute atomic E-state index is 2.38. The van der Waals surface area contributed by atoms with Gasteiger partial charge in [0.2, 0.25) is 0 Å². The predicted octanol–water partition coefficient (Wildman–Crippen LogP) is 2.78. The van der Waals surface area contributed by atoms with Gasteiger partial charge in [-0.05, 0) is 12.8 Å². The van der Waals surface area contributed by atoms with E-state index in [4.69, 9.17) is 0 Å². The molecule has 0 rings (SSSR count). The molecule has 0 aliphatic rings. The molecule has 0 aliphatic carbocycles. The summed E-state index contributed by atoms with van der Waals surface area (Å²) in [4.78, 5) is 0. The molecule has 0 saturated carbocycles. The van der Waals surface area contributed by atoms with Crippen molar-refractivity contribution in [3.8, 4) is 0 Å². The van der Waals surface area contributed by atoms with Crippen molar-refractivity contribution in [1.29, 1.82) is 0 Å². The minimum Gasteiger partial charge on any atom is -0.0888 e. The average molecular weight is 210 g/mol. The van der Waals surface area contributed by atoms with Gasteiger partial charge in [-0.15, -0.1) is 0 Å². The van der Waals surface area contributed by atoms with Gasteiger partial charge in [0.15, 0.2) is 0 Å². The van der Waals surface area contributed by atoms with Gasteiger partial charge in [-0.25, -0.2) is 0 Å². The third kappa shape index (κ3) is 6.47. The van der Waals surface area contributed by atoms with Gasteiger partial charge < -0.3 is 0 Å². The Morgan fingerprint density at radius 2 is 2.14 bits per heavy atom. The summed E-state index contributed by atoms with van der Waals surface area (Å²) in [6.45, 7) is 2.16. The third-order valence-electron chi connectivity index (χ3n) is 0.678. The van der Waals surface area contributed by atoms with Crippen molar-refractivity contribution >= 4 is 22.6 Å². The molecule has 0 fully saturated rings. The van der Waals surface area contributed by atoms with Crippen molar-refractivity contribution in [2.24, 2.45) is 0 Å². The minimum atomic E-state index is 1.18. The lowest BCUT2D eigenvalue weighted by atomic mass is 10.4. The minimum absolute atomic E-state index is 1.18. The van der Waals surface area contributed by atoms with Crippen molar-refractivity contribution in [1.82, 2.24) is 0 Å². The highest BCUT2D eigenvalue weighted by Crippen LogP contribution is 1.90. The molecule has 0 aromatic carbocycles. The van der Waals surface area contributed by atoms with Crippen LogP contribution in [-0.2, 0) is 0 Å². The van der Waals surface area contributed by atoms with Crippen LogP contribution >= 0.6 is 22.6 Å². The molecule has 0 atom stereocenters. The Labute approximate surface area is 59.1 Å². The van der Waals surface area contributed by atoms with E-state index < -0.39 is 0 Å². The molecular formula is C6H11I. The van der Waals surface area contributed by atoms with E-state index in [0.717, 1.165) is 0 Å². The molecule has 0 aromatic heterocycles. The number of hydrogen-bond donors (Lipinski definition) is 0. The van der Waals surface area contributed by atoms with Gasteiger partial charge in [0.25, 0.3) is 0 Å². The van der Waals surface area contributed by atoms with Crippen LogP contribution in [-0.4, -0.2) is 4.43 Å². The van der Waals surface area contributed by atoms with Crippen LogP contribution in [0.25, 0.3) is 0 Å². The van der Waals surface area contributed by atoms with Gasteiger partial charge in [-0.1, -0.05) is 41.7 Å². The third-order valence-corrected chi connectivity index (χ3v) is 1.30. The van der Waals surface area contributed by atoms with E-state index in [1.807, 2.05) is 0 Å². The largest absolute Gasteiger partial charge is 0.0888 e. The van der Waals surface area contributed by atoms with Crippen LogP contribution in [0, 0.1) is 0 Å². The van der Waals surface area contributed by atoms with Gasteiger partial charge in [-0.2, -0.15) is 0 Å². The zero-order valence-electron chi connectivity index (χ0n) is 4.65. The number of halogens is 1. The zero-order chi connectivity index (χ0) is 5.54. The molecule has 0 N–H and O–H groups in total. The highest BCUT2D eigenvalue weighted by molar-refractivity contribution is 14.1. The Bertz CT molecular complexity index is 48.1. The number of alkyl halides is 1. The average Bonchev–Trinajstić information content (AvgIpc) is 1.69. The first-order valence-corrected chi connectivity index (χ1v) is 4.15. The molecule has 0 spiro atoms. The van der Waals surface area contributed by atoms with Crippen LogP contribution in [0.4, 0.5) is 0 Å². The first kappa shape index (κ1) is 7.47. The molecule has 0 amide bonds. The standard InChI is InChI=1S/C6H11I/c1-2-3-4-5-6-7/h3-4H,2,5-6H2,1H3/b4-3-. The van der Waals surface area contributed by atoms with Crippen LogP contribution in [0.5, 0.6) is 0 Å². The Kier molecular flexibility index (Phi) is 6.90. The maximum Gasteiger partial charge on any atom is 0.00299 e. The van der Waals surface area contributed by atoms with Crippen LogP contribution in [0.2, 0.25) is 0 Å². The van der Waals surface area contributed by atoms with Crippen LogP contribution < -0.4 is 0 Å². The molecule has 1 heteroatoms. The van der Waals surface area contributed by atoms with Gasteiger partial charge in [-0.3, -0.25) is 0 Å². The Balaban J connectivity index is 2.78. The fraction of sp³-hybridized carbons (Fsp3) is 0.667. The lowest BCUT2D eigenvalue weighted by molar-refractivity contribution is 1.17. The molecule has 0 saturated heterocycles. The second-order valence-corrected chi connectivity index (χ2v) is 2.44. The molecule has 7 heavy (non-hydrogen) atoms. The lowest BCUT2D eigenvalue weighted by Gasteiger charge is -1.78. The fourth-order valence-corrected chi connectivity index (χ4v) is 0.707. The van der Waals surface area contributed by atoms with Gasteiger partial charge in [0, 0.05) is 4.43 Å². The second-order valence-electron chi connectivity index (χ2n) is 1.36. The maximum atomic E-state index is 2.38. The quantitative estimate of drug-likeness (QED) is 0.381. The normalized spacial score (nSPS) is 10.6. The summed E-state index contributed by atoms with van der Waals surface area (Å²) in [7, 11) is 0. The molecule has 0 unspecified atom stereocenters. The highest BCUT2D eigenvalue weighted by atomic mass is 127. The first-order chi connectivity index (χ1) is 3.41. The highest BCUT2D eigenvalue weighted by Gasteiger charge is 1.69. The van der Waals surface area contributed by atoms with Crippen molar-refractivity contribution in [2.75, 3.05) is 4.43 Å². The molecule has 0 heterocycles.